The lowest BCUT2D eigenvalue weighted by Gasteiger charge is -2.12. The molecule has 0 aliphatic carbocycles. The van der Waals surface area contributed by atoms with Crippen LogP contribution in [-0.2, 0) is 14.2 Å². The molecule has 6 heteroatoms. The van der Waals surface area contributed by atoms with Gasteiger partial charge in [-0.05, 0) is 13.0 Å². The van der Waals surface area contributed by atoms with Crippen molar-refractivity contribution in [1.29, 1.82) is 0 Å². The summed E-state index contributed by atoms with van der Waals surface area (Å²) in [5.41, 5.74) is 5.31. The second-order valence-corrected chi connectivity index (χ2v) is 3.47. The van der Waals surface area contributed by atoms with Gasteiger partial charge in [-0.2, -0.15) is 0 Å². The quantitative estimate of drug-likeness (QED) is 0.558. The van der Waals surface area contributed by atoms with Crippen molar-refractivity contribution in [2.75, 3.05) is 52.7 Å². The average Bonchev–Trinajstić information content (AvgIpc) is 2.68. The fourth-order valence-electron chi connectivity index (χ4n) is 1.31. The van der Waals surface area contributed by atoms with Crippen molar-refractivity contribution in [3.05, 3.63) is 0 Å². The summed E-state index contributed by atoms with van der Waals surface area (Å²) in [5, 5.41) is 0. The molecular weight excluding hydrogens is 212 g/mol. The highest BCUT2D eigenvalue weighted by atomic mass is 16.6. The van der Waals surface area contributed by atoms with Gasteiger partial charge in [0.25, 0.3) is 0 Å². The molecule has 0 aromatic heterocycles. The zero-order valence-corrected chi connectivity index (χ0v) is 9.52. The first-order chi connectivity index (χ1) is 7.84. The summed E-state index contributed by atoms with van der Waals surface area (Å²) >= 11 is 0. The molecule has 1 saturated heterocycles. The maximum Gasteiger partial charge on any atom is 0.410 e. The number of carbonyl (C=O) groups excluding carboxylic acids is 1. The van der Waals surface area contributed by atoms with Gasteiger partial charge < -0.3 is 24.8 Å². The summed E-state index contributed by atoms with van der Waals surface area (Å²) in [6.07, 6.45) is 0.627. The Labute approximate surface area is 95.6 Å². The van der Waals surface area contributed by atoms with Crippen LogP contribution in [0, 0.1) is 0 Å². The molecule has 0 bridgehead atoms. The monoisotopic (exact) mass is 232 g/mol. The molecule has 0 aromatic carbocycles. The van der Waals surface area contributed by atoms with Crippen molar-refractivity contribution in [2.45, 2.75) is 6.42 Å². The van der Waals surface area contributed by atoms with Crippen LogP contribution in [0.4, 0.5) is 4.79 Å². The molecule has 2 N–H and O–H groups in total. The van der Waals surface area contributed by atoms with E-state index in [4.69, 9.17) is 19.9 Å². The van der Waals surface area contributed by atoms with Crippen LogP contribution in [0.15, 0.2) is 0 Å². The normalized spacial score (nSPS) is 15.6. The Morgan fingerprint density at radius 1 is 1.25 bits per heavy atom. The van der Waals surface area contributed by atoms with E-state index in [0.29, 0.717) is 52.7 Å². The summed E-state index contributed by atoms with van der Waals surface area (Å²) in [4.78, 5) is 12.7. The van der Waals surface area contributed by atoms with Crippen molar-refractivity contribution < 1.29 is 19.0 Å². The molecule has 6 nitrogen and oxygen atoms in total. The Morgan fingerprint density at radius 3 is 2.62 bits per heavy atom. The van der Waals surface area contributed by atoms with Crippen LogP contribution in [0.25, 0.3) is 0 Å². The van der Waals surface area contributed by atoms with Gasteiger partial charge in [0.05, 0.1) is 26.4 Å². The first-order valence-corrected chi connectivity index (χ1v) is 5.62. The zero-order chi connectivity index (χ0) is 11.6. The van der Waals surface area contributed by atoms with Crippen LogP contribution in [-0.4, -0.2) is 63.7 Å². The van der Waals surface area contributed by atoms with Gasteiger partial charge in [0, 0.05) is 13.2 Å². The van der Waals surface area contributed by atoms with Crippen molar-refractivity contribution in [1.82, 2.24) is 4.90 Å². The maximum absolute atomic E-state index is 11.0. The number of hydrogen-bond acceptors (Lipinski definition) is 5. The summed E-state index contributed by atoms with van der Waals surface area (Å²) in [7, 11) is 0. The molecule has 0 aromatic rings. The first-order valence-electron chi connectivity index (χ1n) is 5.62. The lowest BCUT2D eigenvalue weighted by Crippen LogP contribution is -2.28. The number of hydrogen-bond donors (Lipinski definition) is 1. The molecule has 1 heterocycles. The number of carbonyl (C=O) groups is 1. The second-order valence-electron chi connectivity index (χ2n) is 3.47. The van der Waals surface area contributed by atoms with E-state index in [2.05, 4.69) is 0 Å². The number of amides is 1. The molecular formula is C10H20N2O4. The number of rotatable bonds is 9. The van der Waals surface area contributed by atoms with Crippen molar-refractivity contribution in [2.24, 2.45) is 5.73 Å². The van der Waals surface area contributed by atoms with Crippen molar-refractivity contribution in [3.63, 3.8) is 0 Å². The van der Waals surface area contributed by atoms with E-state index in [1.54, 1.807) is 4.90 Å². The fourth-order valence-corrected chi connectivity index (χ4v) is 1.31. The van der Waals surface area contributed by atoms with Gasteiger partial charge in [0.1, 0.15) is 6.61 Å². The molecule has 16 heavy (non-hydrogen) atoms. The molecule has 94 valence electrons. The molecule has 1 fully saturated rings. The fraction of sp³-hybridized carbons (Fsp3) is 0.900. The highest BCUT2D eigenvalue weighted by Gasteiger charge is 2.20. The minimum atomic E-state index is -0.247. The van der Waals surface area contributed by atoms with Crippen LogP contribution in [0.1, 0.15) is 6.42 Å². The Kier molecular flexibility index (Phi) is 6.87. The van der Waals surface area contributed by atoms with Crippen molar-refractivity contribution in [3.8, 4) is 0 Å². The summed E-state index contributed by atoms with van der Waals surface area (Å²) in [6, 6.07) is 0. The maximum atomic E-state index is 11.0. The summed E-state index contributed by atoms with van der Waals surface area (Å²) < 4.78 is 15.4. The van der Waals surface area contributed by atoms with Crippen LogP contribution in [0.5, 0.6) is 0 Å². The lowest BCUT2D eigenvalue weighted by molar-refractivity contribution is 0.0420. The SMILES string of the molecule is NCCCOCCOCCN1CCOC1=O. The standard InChI is InChI=1S/C10H20N2O4/c11-2-1-5-14-8-9-15-6-3-12-4-7-16-10(12)13/h1-9,11H2. The Morgan fingerprint density at radius 2 is 2.00 bits per heavy atom. The van der Waals surface area contributed by atoms with Crippen LogP contribution in [0.3, 0.4) is 0 Å². The van der Waals surface area contributed by atoms with E-state index < -0.39 is 0 Å². The molecule has 0 unspecified atom stereocenters. The van der Waals surface area contributed by atoms with E-state index in [1.807, 2.05) is 0 Å². The van der Waals surface area contributed by atoms with Gasteiger partial charge in [0.2, 0.25) is 0 Å². The Balaban J connectivity index is 1.83. The minimum Gasteiger partial charge on any atom is -0.448 e. The van der Waals surface area contributed by atoms with E-state index in [-0.39, 0.29) is 6.09 Å². The molecule has 0 atom stereocenters. The number of nitrogens with zero attached hydrogens (tertiary/aromatic N) is 1. The third-order valence-corrected chi connectivity index (χ3v) is 2.22. The molecule has 0 saturated carbocycles. The molecule has 1 aliphatic rings. The van der Waals surface area contributed by atoms with Gasteiger partial charge in [-0.1, -0.05) is 0 Å². The Bertz CT molecular complexity index is 201. The first kappa shape index (κ1) is 13.2. The van der Waals surface area contributed by atoms with E-state index >= 15 is 0 Å². The predicted octanol–water partition coefficient (Wildman–Crippen LogP) is -0.179. The minimum absolute atomic E-state index is 0.247. The highest BCUT2D eigenvalue weighted by Crippen LogP contribution is 2.01. The number of ether oxygens (including phenoxy) is 3. The molecule has 0 radical (unpaired) electrons. The highest BCUT2D eigenvalue weighted by molar-refractivity contribution is 5.69. The predicted molar refractivity (Wildman–Crippen MR) is 58.2 cm³/mol. The molecule has 1 amide bonds. The lowest BCUT2D eigenvalue weighted by atomic mass is 10.5. The van der Waals surface area contributed by atoms with Gasteiger partial charge in [-0.3, -0.25) is 0 Å². The molecule has 0 spiro atoms. The van der Waals surface area contributed by atoms with Crippen LogP contribution in [0.2, 0.25) is 0 Å². The summed E-state index contributed by atoms with van der Waals surface area (Å²) in [6.45, 7) is 4.71. The topological polar surface area (TPSA) is 74.0 Å². The van der Waals surface area contributed by atoms with Gasteiger partial charge in [-0.25, -0.2) is 4.79 Å². The van der Waals surface area contributed by atoms with Gasteiger partial charge in [0.15, 0.2) is 0 Å². The van der Waals surface area contributed by atoms with Gasteiger partial charge in [-0.15, -0.1) is 0 Å². The van der Waals surface area contributed by atoms with Crippen LogP contribution >= 0.6 is 0 Å². The van der Waals surface area contributed by atoms with E-state index in [0.717, 1.165) is 6.42 Å². The second kappa shape index (κ2) is 8.32. The molecule has 1 aliphatic heterocycles. The molecule has 1 rings (SSSR count). The average molecular weight is 232 g/mol. The summed E-state index contributed by atoms with van der Waals surface area (Å²) in [5.74, 6) is 0. The third-order valence-electron chi connectivity index (χ3n) is 2.22. The zero-order valence-electron chi connectivity index (χ0n) is 9.52. The van der Waals surface area contributed by atoms with E-state index in [1.165, 1.54) is 0 Å². The smallest absolute Gasteiger partial charge is 0.410 e. The van der Waals surface area contributed by atoms with Gasteiger partial charge >= 0.3 is 6.09 Å². The van der Waals surface area contributed by atoms with Crippen LogP contribution < -0.4 is 5.73 Å². The number of nitrogens with two attached hydrogens (primary N) is 1. The van der Waals surface area contributed by atoms with Crippen molar-refractivity contribution >= 4 is 6.09 Å². The third kappa shape index (κ3) is 5.29. The Hall–Kier alpha value is -0.850. The van der Waals surface area contributed by atoms with E-state index in [9.17, 15) is 4.79 Å². The largest absolute Gasteiger partial charge is 0.448 e. The number of cyclic esters (lactones) is 1.